The van der Waals surface area contributed by atoms with Gasteiger partial charge >= 0.3 is 6.03 Å². The standard InChI is InChI=1S/C15H20F2N2O2/c1-9(11-7-6-10(16)8-12(11)17)18-15(21)19-13-4-2-3-5-14(13)20/h6-9,13-14,20H,2-5H2,1H3,(H2,18,19,21). The second kappa shape index (κ2) is 6.85. The van der Waals surface area contributed by atoms with Crippen LogP contribution in [0.4, 0.5) is 13.6 Å². The van der Waals surface area contributed by atoms with E-state index in [0.717, 1.165) is 31.4 Å². The summed E-state index contributed by atoms with van der Waals surface area (Å²) in [5.41, 5.74) is 0.218. The molecule has 1 aliphatic carbocycles. The molecule has 0 spiro atoms. The lowest BCUT2D eigenvalue weighted by Crippen LogP contribution is -2.49. The zero-order chi connectivity index (χ0) is 15.4. The van der Waals surface area contributed by atoms with Gasteiger partial charge in [0.2, 0.25) is 0 Å². The van der Waals surface area contributed by atoms with Gasteiger partial charge in [-0.05, 0) is 25.8 Å². The molecule has 0 radical (unpaired) electrons. The maximum Gasteiger partial charge on any atom is 0.315 e. The molecule has 0 bridgehead atoms. The Hall–Kier alpha value is -1.69. The van der Waals surface area contributed by atoms with Crippen LogP contribution in [0.1, 0.15) is 44.2 Å². The SMILES string of the molecule is CC(NC(=O)NC1CCCCC1O)c1ccc(F)cc1F. The van der Waals surface area contributed by atoms with E-state index in [9.17, 15) is 18.7 Å². The maximum atomic E-state index is 13.6. The van der Waals surface area contributed by atoms with Gasteiger partial charge in [-0.15, -0.1) is 0 Å². The summed E-state index contributed by atoms with van der Waals surface area (Å²) in [6.07, 6.45) is 2.78. The van der Waals surface area contributed by atoms with Crippen molar-refractivity contribution in [2.75, 3.05) is 0 Å². The molecule has 4 nitrogen and oxygen atoms in total. The number of urea groups is 1. The summed E-state index contributed by atoms with van der Waals surface area (Å²) in [6, 6.07) is 1.92. The van der Waals surface area contributed by atoms with Crippen LogP contribution in [-0.4, -0.2) is 23.3 Å². The van der Waals surface area contributed by atoms with Gasteiger partial charge in [0.25, 0.3) is 0 Å². The molecule has 0 aromatic heterocycles. The summed E-state index contributed by atoms with van der Waals surface area (Å²) in [6.45, 7) is 1.62. The van der Waals surface area contributed by atoms with Crippen molar-refractivity contribution in [2.45, 2.75) is 50.8 Å². The van der Waals surface area contributed by atoms with E-state index in [1.54, 1.807) is 6.92 Å². The van der Waals surface area contributed by atoms with Gasteiger partial charge in [-0.1, -0.05) is 18.9 Å². The van der Waals surface area contributed by atoms with Crippen LogP contribution in [0.2, 0.25) is 0 Å². The van der Waals surface area contributed by atoms with Crippen molar-refractivity contribution in [1.29, 1.82) is 0 Å². The summed E-state index contributed by atoms with van der Waals surface area (Å²) in [5, 5.41) is 15.1. The Labute approximate surface area is 122 Å². The van der Waals surface area contributed by atoms with Crippen molar-refractivity contribution >= 4 is 6.03 Å². The molecular formula is C15H20F2N2O2. The fourth-order valence-corrected chi connectivity index (χ4v) is 2.62. The van der Waals surface area contributed by atoms with E-state index in [1.165, 1.54) is 6.07 Å². The van der Waals surface area contributed by atoms with E-state index in [4.69, 9.17) is 0 Å². The summed E-state index contributed by atoms with van der Waals surface area (Å²) < 4.78 is 26.5. The number of halogens is 2. The van der Waals surface area contributed by atoms with E-state index in [-0.39, 0.29) is 11.6 Å². The summed E-state index contributed by atoms with van der Waals surface area (Å²) in [7, 11) is 0. The highest BCUT2D eigenvalue weighted by molar-refractivity contribution is 5.74. The molecule has 116 valence electrons. The third-order valence-electron chi connectivity index (χ3n) is 3.82. The lowest BCUT2D eigenvalue weighted by Gasteiger charge is -2.29. The number of aliphatic hydroxyl groups excluding tert-OH is 1. The number of rotatable bonds is 3. The topological polar surface area (TPSA) is 61.4 Å². The van der Waals surface area contributed by atoms with Crippen molar-refractivity contribution in [3.8, 4) is 0 Å². The summed E-state index contributed by atoms with van der Waals surface area (Å²) >= 11 is 0. The first-order valence-electron chi connectivity index (χ1n) is 7.17. The van der Waals surface area contributed by atoms with Gasteiger partial charge in [-0.3, -0.25) is 0 Å². The summed E-state index contributed by atoms with van der Waals surface area (Å²) in [5.74, 6) is -1.35. The largest absolute Gasteiger partial charge is 0.391 e. The fraction of sp³-hybridized carbons (Fsp3) is 0.533. The zero-order valence-corrected chi connectivity index (χ0v) is 11.9. The van der Waals surface area contributed by atoms with Gasteiger partial charge in [-0.25, -0.2) is 13.6 Å². The molecule has 3 unspecified atom stereocenters. The smallest absolute Gasteiger partial charge is 0.315 e. The molecule has 21 heavy (non-hydrogen) atoms. The maximum absolute atomic E-state index is 13.6. The highest BCUT2D eigenvalue weighted by atomic mass is 19.1. The van der Waals surface area contributed by atoms with Crippen molar-refractivity contribution in [2.24, 2.45) is 0 Å². The van der Waals surface area contributed by atoms with Crippen LogP contribution in [-0.2, 0) is 0 Å². The predicted molar refractivity (Wildman–Crippen MR) is 74.7 cm³/mol. The first kappa shape index (κ1) is 15.7. The number of benzene rings is 1. The second-order valence-electron chi connectivity index (χ2n) is 5.46. The van der Waals surface area contributed by atoms with E-state index in [2.05, 4.69) is 10.6 Å². The number of carbonyl (C=O) groups is 1. The first-order valence-corrected chi connectivity index (χ1v) is 7.17. The van der Waals surface area contributed by atoms with Crippen molar-refractivity contribution in [1.82, 2.24) is 10.6 Å². The normalized spacial score (nSPS) is 23.4. The molecule has 2 amide bonds. The zero-order valence-electron chi connectivity index (χ0n) is 11.9. The number of hydrogen-bond donors (Lipinski definition) is 3. The van der Waals surface area contributed by atoms with Crippen molar-refractivity contribution < 1.29 is 18.7 Å². The Bertz CT molecular complexity index is 510. The van der Waals surface area contributed by atoms with Crippen LogP contribution in [0, 0.1) is 11.6 Å². The highest BCUT2D eigenvalue weighted by Crippen LogP contribution is 2.19. The quantitative estimate of drug-likeness (QED) is 0.803. The van der Waals surface area contributed by atoms with Crippen molar-refractivity contribution in [3.05, 3.63) is 35.4 Å². The minimum atomic E-state index is -0.694. The van der Waals surface area contributed by atoms with Crippen molar-refractivity contribution in [3.63, 3.8) is 0 Å². The molecule has 3 atom stereocenters. The highest BCUT2D eigenvalue weighted by Gasteiger charge is 2.25. The molecular weight excluding hydrogens is 278 g/mol. The van der Waals surface area contributed by atoms with Crippen LogP contribution in [0.3, 0.4) is 0 Å². The van der Waals surface area contributed by atoms with Crippen LogP contribution in [0.25, 0.3) is 0 Å². The Morgan fingerprint density at radius 3 is 2.71 bits per heavy atom. The number of nitrogens with one attached hydrogen (secondary N) is 2. The molecule has 6 heteroatoms. The summed E-state index contributed by atoms with van der Waals surface area (Å²) in [4.78, 5) is 11.9. The lowest BCUT2D eigenvalue weighted by atomic mass is 9.93. The van der Waals surface area contributed by atoms with Crippen LogP contribution in [0.5, 0.6) is 0 Å². The number of amides is 2. The van der Waals surface area contributed by atoms with E-state index < -0.39 is 29.8 Å². The number of aliphatic hydroxyl groups is 1. The van der Waals surface area contributed by atoms with Gasteiger partial charge in [0.05, 0.1) is 18.2 Å². The lowest BCUT2D eigenvalue weighted by molar-refractivity contribution is 0.0940. The minimum absolute atomic E-state index is 0.218. The van der Waals surface area contributed by atoms with Gasteiger partial charge in [0, 0.05) is 11.6 Å². The molecule has 1 aliphatic rings. The average molecular weight is 298 g/mol. The average Bonchev–Trinajstić information content (AvgIpc) is 2.41. The predicted octanol–water partition coefficient (Wildman–Crippen LogP) is 2.63. The third-order valence-corrected chi connectivity index (χ3v) is 3.82. The Morgan fingerprint density at radius 2 is 2.05 bits per heavy atom. The molecule has 3 N–H and O–H groups in total. The van der Waals surface area contributed by atoms with Gasteiger partial charge in [0.1, 0.15) is 11.6 Å². The number of hydrogen-bond acceptors (Lipinski definition) is 2. The third kappa shape index (κ3) is 4.14. The van der Waals surface area contributed by atoms with E-state index in [1.807, 2.05) is 0 Å². The van der Waals surface area contributed by atoms with Crippen LogP contribution >= 0.6 is 0 Å². The van der Waals surface area contributed by atoms with Gasteiger partial charge in [0.15, 0.2) is 0 Å². The molecule has 0 saturated heterocycles. The molecule has 2 rings (SSSR count). The molecule has 1 fully saturated rings. The molecule has 1 aromatic rings. The van der Waals surface area contributed by atoms with E-state index >= 15 is 0 Å². The first-order chi connectivity index (χ1) is 9.97. The Balaban J connectivity index is 1.92. The number of carbonyl (C=O) groups excluding carboxylic acids is 1. The minimum Gasteiger partial charge on any atom is -0.391 e. The second-order valence-corrected chi connectivity index (χ2v) is 5.46. The molecule has 0 aliphatic heterocycles. The van der Waals surface area contributed by atoms with E-state index in [0.29, 0.717) is 6.42 Å². The fourth-order valence-electron chi connectivity index (χ4n) is 2.62. The van der Waals surface area contributed by atoms with Gasteiger partial charge in [-0.2, -0.15) is 0 Å². The monoisotopic (exact) mass is 298 g/mol. The molecule has 1 saturated carbocycles. The Morgan fingerprint density at radius 1 is 1.33 bits per heavy atom. The van der Waals surface area contributed by atoms with Crippen LogP contribution in [0.15, 0.2) is 18.2 Å². The molecule has 0 heterocycles. The molecule has 1 aromatic carbocycles. The van der Waals surface area contributed by atoms with Gasteiger partial charge < -0.3 is 15.7 Å². The van der Waals surface area contributed by atoms with Crippen LogP contribution < -0.4 is 10.6 Å². The Kier molecular flexibility index (Phi) is 5.12.